The van der Waals surface area contributed by atoms with Gasteiger partial charge in [-0.05, 0) is 36.8 Å². The Balaban J connectivity index is 1.80. The number of aryl methyl sites for hydroxylation is 1. The molecule has 0 bridgehead atoms. The van der Waals surface area contributed by atoms with Gasteiger partial charge in [-0.2, -0.15) is 5.10 Å². The number of nitrogens with zero attached hydrogens (tertiary/aromatic N) is 2. The molecule has 2 heterocycles. The fraction of sp³-hybridized carbons (Fsp3) is 0.125. The van der Waals surface area contributed by atoms with Crippen LogP contribution in [0.5, 0.6) is 0 Å². The van der Waals surface area contributed by atoms with Crippen LogP contribution >= 0.6 is 0 Å². The molecule has 1 aromatic carbocycles. The van der Waals surface area contributed by atoms with Crippen molar-refractivity contribution in [3.05, 3.63) is 71.6 Å². The van der Waals surface area contributed by atoms with Gasteiger partial charge in [0.25, 0.3) is 5.91 Å². The van der Waals surface area contributed by atoms with Crippen LogP contribution in [0.1, 0.15) is 21.8 Å². The van der Waals surface area contributed by atoms with Gasteiger partial charge in [0.2, 0.25) is 0 Å². The average Bonchev–Trinajstić information content (AvgIpc) is 3.12. The highest BCUT2D eigenvalue weighted by atomic mass is 19.1. The molecule has 0 saturated carbocycles. The lowest BCUT2D eigenvalue weighted by molar-refractivity contribution is 0.0995. The third-order valence-electron chi connectivity index (χ3n) is 3.13. The molecule has 0 saturated heterocycles. The molecule has 112 valence electrons. The maximum atomic E-state index is 12.9. The van der Waals surface area contributed by atoms with Gasteiger partial charge >= 0.3 is 0 Å². The molecule has 5 nitrogen and oxygen atoms in total. The first-order chi connectivity index (χ1) is 10.6. The lowest BCUT2D eigenvalue weighted by Crippen LogP contribution is -2.15. The lowest BCUT2D eigenvalue weighted by atomic mass is 10.2. The van der Waals surface area contributed by atoms with Crippen LogP contribution in [-0.2, 0) is 6.54 Å². The quantitative estimate of drug-likeness (QED) is 0.804. The highest BCUT2D eigenvalue weighted by Gasteiger charge is 2.13. The summed E-state index contributed by atoms with van der Waals surface area (Å²) in [6, 6.07) is 11.2. The van der Waals surface area contributed by atoms with Crippen molar-refractivity contribution in [2.45, 2.75) is 13.5 Å². The van der Waals surface area contributed by atoms with Crippen LogP contribution in [0.15, 0.2) is 53.1 Å². The second-order valence-electron chi connectivity index (χ2n) is 4.89. The van der Waals surface area contributed by atoms with E-state index in [0.29, 0.717) is 12.4 Å². The zero-order valence-electron chi connectivity index (χ0n) is 11.9. The van der Waals surface area contributed by atoms with Gasteiger partial charge in [-0.3, -0.25) is 4.79 Å². The van der Waals surface area contributed by atoms with E-state index in [1.165, 1.54) is 18.4 Å². The van der Waals surface area contributed by atoms with Crippen LogP contribution in [0, 0.1) is 12.7 Å². The summed E-state index contributed by atoms with van der Waals surface area (Å²) >= 11 is 0. The van der Waals surface area contributed by atoms with E-state index in [9.17, 15) is 9.18 Å². The van der Waals surface area contributed by atoms with Crippen molar-refractivity contribution in [1.29, 1.82) is 0 Å². The Morgan fingerprint density at radius 1 is 1.32 bits per heavy atom. The molecule has 0 spiro atoms. The average molecular weight is 299 g/mol. The first kappa shape index (κ1) is 14.1. The maximum absolute atomic E-state index is 12.9. The van der Waals surface area contributed by atoms with Crippen LogP contribution in [0.25, 0.3) is 0 Å². The molecule has 6 heteroatoms. The van der Waals surface area contributed by atoms with Crippen LogP contribution in [0.2, 0.25) is 0 Å². The molecule has 0 aliphatic carbocycles. The molecule has 0 aliphatic rings. The number of rotatable bonds is 4. The minimum absolute atomic E-state index is 0.229. The van der Waals surface area contributed by atoms with E-state index in [1.807, 2.05) is 6.92 Å². The number of hydrogen-bond acceptors (Lipinski definition) is 3. The van der Waals surface area contributed by atoms with Gasteiger partial charge < -0.3 is 9.73 Å². The number of carbonyl (C=O) groups is 1. The molecule has 0 aliphatic heterocycles. The van der Waals surface area contributed by atoms with Gasteiger partial charge in [-0.25, -0.2) is 9.07 Å². The molecular weight excluding hydrogens is 285 g/mol. The second kappa shape index (κ2) is 5.85. The number of halogens is 1. The molecule has 1 amide bonds. The first-order valence-electron chi connectivity index (χ1n) is 6.75. The van der Waals surface area contributed by atoms with Gasteiger partial charge in [0.05, 0.1) is 18.5 Å². The summed E-state index contributed by atoms with van der Waals surface area (Å²) in [6.45, 7) is 2.27. The minimum Gasteiger partial charge on any atom is -0.459 e. The largest absolute Gasteiger partial charge is 0.459 e. The Hall–Kier alpha value is -2.89. The Morgan fingerprint density at radius 3 is 2.77 bits per heavy atom. The van der Waals surface area contributed by atoms with Crippen LogP contribution in [-0.4, -0.2) is 15.7 Å². The van der Waals surface area contributed by atoms with Crippen molar-refractivity contribution < 1.29 is 13.6 Å². The molecular formula is C16H14FN3O2. The van der Waals surface area contributed by atoms with E-state index < -0.39 is 0 Å². The number of furan rings is 1. The molecule has 0 radical (unpaired) electrons. The molecule has 0 atom stereocenters. The van der Waals surface area contributed by atoms with Crippen molar-refractivity contribution in [2.24, 2.45) is 0 Å². The highest BCUT2D eigenvalue weighted by Crippen LogP contribution is 2.15. The summed E-state index contributed by atoms with van der Waals surface area (Å²) in [5, 5.41) is 7.10. The minimum atomic E-state index is -0.342. The summed E-state index contributed by atoms with van der Waals surface area (Å²) in [5.74, 6) is 0.160. The number of nitrogens with one attached hydrogen (secondary N) is 1. The van der Waals surface area contributed by atoms with E-state index in [4.69, 9.17) is 4.42 Å². The monoisotopic (exact) mass is 299 g/mol. The van der Waals surface area contributed by atoms with E-state index >= 15 is 0 Å². The van der Waals surface area contributed by atoms with Gasteiger partial charge in [0, 0.05) is 6.07 Å². The standard InChI is InChI=1S/C16H14FN3O2/c1-11-9-15(18-16(21)14-3-2-8-22-14)20(19-11)10-12-4-6-13(17)7-5-12/h2-9H,10H2,1H3,(H,18,21). The van der Waals surface area contributed by atoms with E-state index in [0.717, 1.165) is 11.3 Å². The number of benzene rings is 1. The normalized spacial score (nSPS) is 10.6. The topological polar surface area (TPSA) is 60.1 Å². The molecule has 3 rings (SSSR count). The summed E-state index contributed by atoms with van der Waals surface area (Å²) in [5.41, 5.74) is 1.66. The first-order valence-corrected chi connectivity index (χ1v) is 6.75. The Kier molecular flexibility index (Phi) is 3.74. The molecule has 1 N–H and O–H groups in total. The summed E-state index contributed by atoms with van der Waals surface area (Å²) < 4.78 is 19.7. The van der Waals surface area contributed by atoms with Crippen molar-refractivity contribution in [3.63, 3.8) is 0 Å². The Bertz CT molecular complexity index is 776. The zero-order valence-corrected chi connectivity index (χ0v) is 11.9. The fourth-order valence-corrected chi connectivity index (χ4v) is 2.12. The third kappa shape index (κ3) is 3.06. The summed E-state index contributed by atoms with van der Waals surface area (Å²) in [4.78, 5) is 12.0. The number of aromatic nitrogens is 2. The number of anilines is 1. The number of hydrogen-bond donors (Lipinski definition) is 1. The number of amides is 1. The predicted octanol–water partition coefficient (Wildman–Crippen LogP) is 3.22. The second-order valence-corrected chi connectivity index (χ2v) is 4.89. The van der Waals surface area contributed by atoms with Crippen molar-refractivity contribution in [1.82, 2.24) is 9.78 Å². The van der Waals surface area contributed by atoms with Gasteiger partial charge in [0.1, 0.15) is 11.6 Å². The van der Waals surface area contributed by atoms with E-state index in [2.05, 4.69) is 10.4 Å². The highest BCUT2D eigenvalue weighted by molar-refractivity contribution is 6.01. The van der Waals surface area contributed by atoms with Gasteiger partial charge in [-0.15, -0.1) is 0 Å². The maximum Gasteiger partial charge on any atom is 0.292 e. The molecule has 3 aromatic rings. The molecule has 0 unspecified atom stereocenters. The van der Waals surface area contributed by atoms with Crippen molar-refractivity contribution >= 4 is 11.7 Å². The fourth-order valence-electron chi connectivity index (χ4n) is 2.12. The van der Waals surface area contributed by atoms with Crippen LogP contribution in [0.3, 0.4) is 0 Å². The molecule has 2 aromatic heterocycles. The Morgan fingerprint density at radius 2 is 2.09 bits per heavy atom. The van der Waals surface area contributed by atoms with Crippen molar-refractivity contribution in [3.8, 4) is 0 Å². The molecule has 22 heavy (non-hydrogen) atoms. The lowest BCUT2D eigenvalue weighted by Gasteiger charge is -2.08. The van der Waals surface area contributed by atoms with E-state index in [-0.39, 0.29) is 17.5 Å². The van der Waals surface area contributed by atoms with E-state index in [1.54, 1.807) is 35.0 Å². The summed E-state index contributed by atoms with van der Waals surface area (Å²) in [6.07, 6.45) is 1.44. The van der Waals surface area contributed by atoms with Crippen molar-refractivity contribution in [2.75, 3.05) is 5.32 Å². The summed E-state index contributed by atoms with van der Waals surface area (Å²) in [7, 11) is 0. The van der Waals surface area contributed by atoms with Gasteiger partial charge in [-0.1, -0.05) is 12.1 Å². The Labute approximate surface area is 126 Å². The third-order valence-corrected chi connectivity index (χ3v) is 3.13. The molecule has 0 fully saturated rings. The smallest absolute Gasteiger partial charge is 0.292 e. The predicted molar refractivity (Wildman–Crippen MR) is 79.1 cm³/mol. The SMILES string of the molecule is Cc1cc(NC(=O)c2ccco2)n(Cc2ccc(F)cc2)n1. The number of carbonyl (C=O) groups excluding carboxylic acids is 1. The zero-order chi connectivity index (χ0) is 15.5. The van der Waals surface area contributed by atoms with Crippen LogP contribution in [0.4, 0.5) is 10.2 Å². The van der Waals surface area contributed by atoms with Gasteiger partial charge in [0.15, 0.2) is 5.76 Å². The van der Waals surface area contributed by atoms with Crippen LogP contribution < -0.4 is 5.32 Å².